The van der Waals surface area contributed by atoms with Gasteiger partial charge in [0.05, 0.1) is 0 Å². The van der Waals surface area contributed by atoms with Gasteiger partial charge in [-0.2, -0.15) is 9.61 Å². The number of hydrogen-bond donors (Lipinski definition) is 0. The molecule has 0 fully saturated rings. The number of rotatable bonds is 4. The minimum atomic E-state index is 0.677. The van der Waals surface area contributed by atoms with Crippen LogP contribution in [0, 0.1) is 0 Å². The van der Waals surface area contributed by atoms with E-state index in [1.54, 1.807) is 11.3 Å². The van der Waals surface area contributed by atoms with E-state index in [-0.39, 0.29) is 0 Å². The lowest BCUT2D eigenvalue weighted by Gasteiger charge is -1.98. The molecule has 3 aromatic heterocycles. The molecule has 0 spiro atoms. The molecule has 3 heterocycles. The van der Waals surface area contributed by atoms with Crippen molar-refractivity contribution >= 4 is 51.4 Å². The molecule has 0 bridgehead atoms. The summed E-state index contributed by atoms with van der Waals surface area (Å²) in [6.45, 7) is 0. The predicted molar refractivity (Wildman–Crippen MR) is 96.2 cm³/mol. The summed E-state index contributed by atoms with van der Waals surface area (Å²) in [6, 6.07) is 11.9. The highest BCUT2D eigenvalue weighted by Crippen LogP contribution is 2.20. The summed E-state index contributed by atoms with van der Waals surface area (Å²) in [5, 5.41) is 16.7. The standard InChI is InChI=1S/C16H11ClN4S2/c17-12-5-3-11(4-6-12)10-14-18-19-16-21(14)20-15(23-16)8-7-13-2-1-9-22-13/h1-9H,10H2/b8-7+. The Morgan fingerprint density at radius 1 is 1.09 bits per heavy atom. The zero-order valence-corrected chi connectivity index (χ0v) is 14.3. The van der Waals surface area contributed by atoms with E-state index < -0.39 is 0 Å². The normalized spacial score (nSPS) is 11.7. The summed E-state index contributed by atoms with van der Waals surface area (Å²) in [5.74, 6) is 0.828. The van der Waals surface area contributed by atoms with Gasteiger partial charge in [0.2, 0.25) is 4.96 Å². The van der Waals surface area contributed by atoms with Crippen LogP contribution >= 0.6 is 34.3 Å². The van der Waals surface area contributed by atoms with Gasteiger partial charge in [-0.25, -0.2) is 0 Å². The van der Waals surface area contributed by atoms with E-state index in [4.69, 9.17) is 11.6 Å². The lowest BCUT2D eigenvalue weighted by molar-refractivity contribution is 0.848. The zero-order valence-electron chi connectivity index (χ0n) is 11.9. The van der Waals surface area contributed by atoms with Gasteiger partial charge in [0.1, 0.15) is 5.01 Å². The molecule has 4 rings (SSSR count). The third kappa shape index (κ3) is 3.19. The van der Waals surface area contributed by atoms with Gasteiger partial charge in [0, 0.05) is 16.3 Å². The van der Waals surface area contributed by atoms with E-state index in [2.05, 4.69) is 32.8 Å². The predicted octanol–water partition coefficient (Wildman–Crippen LogP) is 4.66. The van der Waals surface area contributed by atoms with Crippen molar-refractivity contribution in [1.82, 2.24) is 19.8 Å². The quantitative estimate of drug-likeness (QED) is 0.532. The van der Waals surface area contributed by atoms with E-state index in [9.17, 15) is 0 Å². The second-order valence-electron chi connectivity index (χ2n) is 4.90. The van der Waals surface area contributed by atoms with Crippen LogP contribution in [0.1, 0.15) is 21.3 Å². The summed E-state index contributed by atoms with van der Waals surface area (Å²) in [4.78, 5) is 2.01. The fraction of sp³-hybridized carbons (Fsp3) is 0.0625. The molecule has 23 heavy (non-hydrogen) atoms. The summed E-state index contributed by atoms with van der Waals surface area (Å²) in [7, 11) is 0. The van der Waals surface area contributed by atoms with Gasteiger partial charge in [0.25, 0.3) is 0 Å². The Bertz CT molecular complexity index is 952. The van der Waals surface area contributed by atoms with Crippen LogP contribution in [0.15, 0.2) is 41.8 Å². The van der Waals surface area contributed by atoms with Crippen LogP contribution in [0.25, 0.3) is 17.1 Å². The number of nitrogens with zero attached hydrogens (tertiary/aromatic N) is 4. The minimum absolute atomic E-state index is 0.677. The Balaban J connectivity index is 1.60. The highest BCUT2D eigenvalue weighted by atomic mass is 35.5. The molecule has 0 aliphatic rings. The maximum absolute atomic E-state index is 5.92. The molecule has 0 saturated carbocycles. The summed E-state index contributed by atoms with van der Waals surface area (Å²) < 4.78 is 1.81. The molecule has 0 aliphatic carbocycles. The van der Waals surface area contributed by atoms with Crippen LogP contribution < -0.4 is 0 Å². The Morgan fingerprint density at radius 3 is 2.74 bits per heavy atom. The van der Waals surface area contributed by atoms with E-state index in [0.29, 0.717) is 6.42 Å². The monoisotopic (exact) mass is 358 g/mol. The van der Waals surface area contributed by atoms with Gasteiger partial charge in [-0.15, -0.1) is 21.5 Å². The number of hydrogen-bond acceptors (Lipinski definition) is 5. The van der Waals surface area contributed by atoms with Gasteiger partial charge < -0.3 is 0 Å². The average molecular weight is 359 g/mol. The molecule has 0 saturated heterocycles. The van der Waals surface area contributed by atoms with Crippen LogP contribution in [-0.4, -0.2) is 19.8 Å². The molecule has 0 N–H and O–H groups in total. The minimum Gasteiger partial charge on any atom is -0.187 e. The molecule has 4 aromatic rings. The number of thiophene rings is 1. The van der Waals surface area contributed by atoms with Crippen LogP contribution in [0.5, 0.6) is 0 Å². The Kier molecular flexibility index (Phi) is 3.95. The molecule has 0 aliphatic heterocycles. The van der Waals surface area contributed by atoms with Gasteiger partial charge >= 0.3 is 0 Å². The van der Waals surface area contributed by atoms with Crippen LogP contribution in [0.3, 0.4) is 0 Å². The van der Waals surface area contributed by atoms with Crippen LogP contribution in [0.4, 0.5) is 0 Å². The van der Waals surface area contributed by atoms with Crippen molar-refractivity contribution in [3.63, 3.8) is 0 Å². The van der Waals surface area contributed by atoms with Crippen molar-refractivity contribution in [2.24, 2.45) is 0 Å². The van der Waals surface area contributed by atoms with E-state index in [0.717, 1.165) is 26.4 Å². The molecule has 0 radical (unpaired) electrons. The summed E-state index contributed by atoms with van der Waals surface area (Å²) >= 11 is 9.15. The maximum Gasteiger partial charge on any atom is 0.234 e. The average Bonchev–Trinajstić information content (AvgIpc) is 3.26. The third-order valence-electron chi connectivity index (χ3n) is 3.28. The van der Waals surface area contributed by atoms with Gasteiger partial charge in [-0.1, -0.05) is 41.1 Å². The van der Waals surface area contributed by atoms with Crippen molar-refractivity contribution in [1.29, 1.82) is 0 Å². The maximum atomic E-state index is 5.92. The van der Waals surface area contributed by atoms with Gasteiger partial charge in [-0.3, -0.25) is 0 Å². The molecule has 0 unspecified atom stereocenters. The molecule has 114 valence electrons. The number of benzene rings is 1. The van der Waals surface area contributed by atoms with Crippen molar-refractivity contribution < 1.29 is 0 Å². The van der Waals surface area contributed by atoms with Gasteiger partial charge in [0.15, 0.2) is 5.82 Å². The third-order valence-corrected chi connectivity index (χ3v) is 5.23. The van der Waals surface area contributed by atoms with Crippen molar-refractivity contribution in [3.8, 4) is 0 Å². The molecular formula is C16H11ClN4S2. The van der Waals surface area contributed by atoms with Crippen molar-refractivity contribution in [3.05, 3.63) is 68.1 Å². The largest absolute Gasteiger partial charge is 0.234 e. The first-order valence-corrected chi connectivity index (χ1v) is 9.02. The van der Waals surface area contributed by atoms with Gasteiger partial charge in [-0.05, 0) is 41.3 Å². The molecule has 0 amide bonds. The second kappa shape index (κ2) is 6.23. The summed E-state index contributed by atoms with van der Waals surface area (Å²) in [5.41, 5.74) is 1.13. The molecule has 7 heteroatoms. The number of fused-ring (bicyclic) bond motifs is 1. The lowest BCUT2D eigenvalue weighted by atomic mass is 10.1. The zero-order chi connectivity index (χ0) is 15.6. The smallest absolute Gasteiger partial charge is 0.187 e. The van der Waals surface area contributed by atoms with E-state index in [1.807, 2.05) is 40.9 Å². The topological polar surface area (TPSA) is 43.1 Å². The first-order valence-electron chi connectivity index (χ1n) is 6.95. The Morgan fingerprint density at radius 2 is 1.96 bits per heavy atom. The highest BCUT2D eigenvalue weighted by molar-refractivity contribution is 7.17. The molecule has 1 aromatic carbocycles. The fourth-order valence-corrected chi connectivity index (χ4v) is 3.68. The Labute approximate surface area is 145 Å². The second-order valence-corrected chi connectivity index (χ2v) is 7.31. The van der Waals surface area contributed by atoms with E-state index in [1.165, 1.54) is 16.2 Å². The first kappa shape index (κ1) is 14.6. The molecular weight excluding hydrogens is 348 g/mol. The highest BCUT2D eigenvalue weighted by Gasteiger charge is 2.11. The SMILES string of the molecule is Clc1ccc(Cc2nnc3sc(/C=C/c4cccs4)nn23)cc1. The van der Waals surface area contributed by atoms with Crippen LogP contribution in [0.2, 0.25) is 5.02 Å². The number of aromatic nitrogens is 4. The van der Waals surface area contributed by atoms with Crippen molar-refractivity contribution in [2.45, 2.75) is 6.42 Å². The molecule has 0 atom stereocenters. The lowest BCUT2D eigenvalue weighted by Crippen LogP contribution is -1.97. The summed E-state index contributed by atoms with van der Waals surface area (Å²) in [6.07, 6.45) is 4.75. The molecule has 4 nitrogen and oxygen atoms in total. The number of halogens is 1. The fourth-order valence-electron chi connectivity index (χ4n) is 2.17. The van der Waals surface area contributed by atoms with Crippen molar-refractivity contribution in [2.75, 3.05) is 0 Å². The van der Waals surface area contributed by atoms with E-state index >= 15 is 0 Å². The Hall–Kier alpha value is -2.02. The first-order chi connectivity index (χ1) is 11.3. The van der Waals surface area contributed by atoms with Crippen LogP contribution in [-0.2, 0) is 6.42 Å².